The number of hydrogen-bond acceptors (Lipinski definition) is 5. The molecule has 3 fully saturated rings. The van der Waals surface area contributed by atoms with Gasteiger partial charge in [-0.1, -0.05) is 26.2 Å². The van der Waals surface area contributed by atoms with Crippen LogP contribution in [0.15, 0.2) is 0 Å². The van der Waals surface area contributed by atoms with Crippen LogP contribution in [-0.2, 0) is 24.0 Å². The summed E-state index contributed by atoms with van der Waals surface area (Å²) < 4.78 is 0. The van der Waals surface area contributed by atoms with E-state index in [0.29, 0.717) is 25.8 Å². The van der Waals surface area contributed by atoms with Gasteiger partial charge in [-0.15, -0.1) is 0 Å². The van der Waals surface area contributed by atoms with Crippen molar-refractivity contribution in [2.75, 3.05) is 13.1 Å². The van der Waals surface area contributed by atoms with Crippen LogP contribution in [0.1, 0.15) is 78.1 Å². The number of hydrogen-bond donors (Lipinski definition) is 3. The van der Waals surface area contributed by atoms with Crippen molar-refractivity contribution in [2.24, 2.45) is 5.92 Å². The molecule has 9 heteroatoms. The molecule has 2 atom stereocenters. The topological polar surface area (TPSA) is 125 Å². The minimum atomic E-state index is -1.02. The Balaban J connectivity index is 1.68. The van der Waals surface area contributed by atoms with Crippen molar-refractivity contribution in [3.63, 3.8) is 0 Å². The summed E-state index contributed by atoms with van der Waals surface area (Å²) in [5.41, 5.74) is -1.02. The fraction of sp³-hybridized carbons (Fsp3) is 0.783. The zero-order chi connectivity index (χ0) is 23.3. The molecular formula is C23H36N4O5. The van der Waals surface area contributed by atoms with E-state index >= 15 is 0 Å². The second kappa shape index (κ2) is 10.4. The van der Waals surface area contributed by atoms with Crippen LogP contribution in [0, 0.1) is 5.92 Å². The van der Waals surface area contributed by atoms with E-state index in [2.05, 4.69) is 16.0 Å². The third-order valence-corrected chi connectivity index (χ3v) is 7.05. The Hall–Kier alpha value is -2.45. The van der Waals surface area contributed by atoms with Gasteiger partial charge < -0.3 is 20.9 Å². The van der Waals surface area contributed by atoms with E-state index in [1.165, 1.54) is 6.92 Å². The van der Waals surface area contributed by atoms with Crippen LogP contribution in [-0.4, -0.2) is 65.0 Å². The largest absolute Gasteiger partial charge is 0.347 e. The summed E-state index contributed by atoms with van der Waals surface area (Å²) in [4.78, 5) is 64.2. The van der Waals surface area contributed by atoms with Gasteiger partial charge in [-0.05, 0) is 50.9 Å². The van der Waals surface area contributed by atoms with Crippen molar-refractivity contribution in [1.29, 1.82) is 0 Å². The Kier molecular flexibility index (Phi) is 7.90. The van der Waals surface area contributed by atoms with Gasteiger partial charge in [0.2, 0.25) is 23.5 Å². The van der Waals surface area contributed by atoms with Gasteiger partial charge >= 0.3 is 0 Å². The van der Waals surface area contributed by atoms with Crippen molar-refractivity contribution in [3.8, 4) is 0 Å². The molecule has 2 saturated carbocycles. The Bertz CT molecular complexity index is 759. The SMILES string of the molecule is CC[C@@](NC(C)=O)(C(=O)N1CCC[C@H]1C(=O)NCC(=O)C(=O)NC1CC1)C1CCCCC1. The zero-order valence-electron chi connectivity index (χ0n) is 19.2. The quantitative estimate of drug-likeness (QED) is 0.450. The van der Waals surface area contributed by atoms with Crippen molar-refractivity contribution >= 4 is 29.4 Å². The normalized spacial score (nSPS) is 23.2. The molecule has 3 rings (SSSR count). The average molecular weight is 449 g/mol. The van der Waals surface area contributed by atoms with E-state index in [-0.39, 0.29) is 30.3 Å². The van der Waals surface area contributed by atoms with Crippen molar-refractivity contribution in [3.05, 3.63) is 0 Å². The van der Waals surface area contributed by atoms with Crippen LogP contribution in [0.4, 0.5) is 0 Å². The molecule has 0 spiro atoms. The number of nitrogens with one attached hydrogen (secondary N) is 3. The Morgan fingerprint density at radius 3 is 2.22 bits per heavy atom. The summed E-state index contributed by atoms with van der Waals surface area (Å²) in [5, 5.41) is 8.12. The molecule has 0 radical (unpaired) electrons. The first kappa shape index (κ1) is 24.2. The van der Waals surface area contributed by atoms with Gasteiger partial charge in [0.05, 0.1) is 6.54 Å². The minimum absolute atomic E-state index is 0.0367. The third kappa shape index (κ3) is 5.48. The molecule has 3 N–H and O–H groups in total. The predicted octanol–water partition coefficient (Wildman–Crippen LogP) is 0.807. The second-order valence-corrected chi connectivity index (χ2v) is 9.39. The number of amides is 4. The molecule has 9 nitrogen and oxygen atoms in total. The molecule has 0 aromatic heterocycles. The molecule has 0 unspecified atom stereocenters. The van der Waals surface area contributed by atoms with Gasteiger partial charge in [-0.25, -0.2) is 0 Å². The number of Topliss-reactive ketones (excluding diaryl/α,β-unsaturated/α-hetero) is 1. The number of nitrogens with zero attached hydrogens (tertiary/aromatic N) is 1. The van der Waals surface area contributed by atoms with Gasteiger partial charge in [-0.2, -0.15) is 0 Å². The van der Waals surface area contributed by atoms with E-state index in [4.69, 9.17) is 0 Å². The number of carbonyl (C=O) groups excluding carboxylic acids is 5. The van der Waals surface area contributed by atoms with Crippen LogP contribution in [0.25, 0.3) is 0 Å². The molecule has 0 bridgehead atoms. The maximum Gasteiger partial charge on any atom is 0.289 e. The van der Waals surface area contributed by atoms with Gasteiger partial charge in [-0.3, -0.25) is 24.0 Å². The fourth-order valence-corrected chi connectivity index (χ4v) is 5.17. The van der Waals surface area contributed by atoms with E-state index < -0.39 is 29.2 Å². The monoisotopic (exact) mass is 448 g/mol. The molecule has 1 aliphatic heterocycles. The minimum Gasteiger partial charge on any atom is -0.347 e. The number of rotatable bonds is 9. The molecule has 0 aromatic carbocycles. The standard InChI is InChI=1S/C23H36N4O5/c1-3-23(26-15(2)28,16-8-5-4-6-9-16)22(32)27-13-7-10-18(27)20(30)24-14-19(29)21(31)25-17-11-12-17/h16-18H,3-14H2,1-2H3,(H,24,30)(H,25,31)(H,26,28)/t18-,23-/m0/s1. The number of ketones is 1. The lowest BCUT2D eigenvalue weighted by atomic mass is 9.72. The smallest absolute Gasteiger partial charge is 0.289 e. The predicted molar refractivity (Wildman–Crippen MR) is 117 cm³/mol. The molecule has 0 aromatic rings. The van der Waals surface area contributed by atoms with Crippen LogP contribution < -0.4 is 16.0 Å². The maximum absolute atomic E-state index is 13.8. The average Bonchev–Trinajstić information content (AvgIpc) is 3.46. The summed E-state index contributed by atoms with van der Waals surface area (Å²) >= 11 is 0. The molecular weight excluding hydrogens is 412 g/mol. The molecule has 4 amide bonds. The molecule has 32 heavy (non-hydrogen) atoms. The zero-order valence-corrected chi connectivity index (χ0v) is 19.2. The number of likely N-dealkylation sites (tertiary alicyclic amines) is 1. The third-order valence-electron chi connectivity index (χ3n) is 7.05. The summed E-state index contributed by atoms with van der Waals surface area (Å²) in [6.07, 6.45) is 8.28. The highest BCUT2D eigenvalue weighted by Crippen LogP contribution is 2.37. The van der Waals surface area contributed by atoms with Crippen LogP contribution in [0.5, 0.6) is 0 Å². The highest BCUT2D eigenvalue weighted by atomic mass is 16.2. The van der Waals surface area contributed by atoms with Crippen molar-refractivity contribution in [2.45, 2.75) is 95.7 Å². The van der Waals surface area contributed by atoms with Crippen LogP contribution >= 0.6 is 0 Å². The second-order valence-electron chi connectivity index (χ2n) is 9.39. The summed E-state index contributed by atoms with van der Waals surface area (Å²) in [5.74, 6) is -2.23. The first-order chi connectivity index (χ1) is 15.3. The van der Waals surface area contributed by atoms with E-state index in [9.17, 15) is 24.0 Å². The van der Waals surface area contributed by atoms with Crippen LogP contribution in [0.3, 0.4) is 0 Å². The molecule has 1 saturated heterocycles. The Morgan fingerprint density at radius 1 is 0.938 bits per heavy atom. The Labute approximate surface area is 189 Å². The summed E-state index contributed by atoms with van der Waals surface area (Å²) in [6, 6.07) is -0.633. The lowest BCUT2D eigenvalue weighted by Crippen LogP contribution is -2.65. The molecule has 3 aliphatic rings. The lowest BCUT2D eigenvalue weighted by molar-refractivity contribution is -0.149. The maximum atomic E-state index is 13.8. The van der Waals surface area contributed by atoms with Gasteiger partial charge in [0, 0.05) is 19.5 Å². The first-order valence-corrected chi connectivity index (χ1v) is 12.0. The fourth-order valence-electron chi connectivity index (χ4n) is 5.17. The lowest BCUT2D eigenvalue weighted by Gasteiger charge is -2.44. The molecule has 178 valence electrons. The van der Waals surface area contributed by atoms with Gasteiger partial charge in [0.1, 0.15) is 11.6 Å². The van der Waals surface area contributed by atoms with E-state index in [1.807, 2.05) is 6.92 Å². The summed E-state index contributed by atoms with van der Waals surface area (Å²) in [6.45, 7) is 3.38. The van der Waals surface area contributed by atoms with Crippen LogP contribution in [0.2, 0.25) is 0 Å². The van der Waals surface area contributed by atoms with E-state index in [0.717, 1.165) is 44.9 Å². The van der Waals surface area contributed by atoms with Gasteiger partial charge in [0.15, 0.2) is 0 Å². The van der Waals surface area contributed by atoms with Gasteiger partial charge in [0.25, 0.3) is 5.91 Å². The molecule has 1 heterocycles. The summed E-state index contributed by atoms with van der Waals surface area (Å²) in [7, 11) is 0. The van der Waals surface area contributed by atoms with E-state index in [1.54, 1.807) is 4.90 Å². The van der Waals surface area contributed by atoms with Crippen molar-refractivity contribution < 1.29 is 24.0 Å². The molecule has 2 aliphatic carbocycles. The Morgan fingerprint density at radius 2 is 1.62 bits per heavy atom. The first-order valence-electron chi connectivity index (χ1n) is 12.0. The number of carbonyl (C=O) groups is 5. The highest BCUT2D eigenvalue weighted by molar-refractivity contribution is 6.37. The van der Waals surface area contributed by atoms with Crippen molar-refractivity contribution in [1.82, 2.24) is 20.9 Å². The highest BCUT2D eigenvalue weighted by Gasteiger charge is 2.50.